The van der Waals surface area contributed by atoms with Crippen molar-refractivity contribution in [3.63, 3.8) is 0 Å². The minimum absolute atomic E-state index is 0.440. The lowest BCUT2D eigenvalue weighted by Crippen LogP contribution is -2.34. The molecule has 4 N–H and O–H groups in total. The van der Waals surface area contributed by atoms with E-state index in [0.29, 0.717) is 11.5 Å². The zero-order valence-electron chi connectivity index (χ0n) is 9.82. The summed E-state index contributed by atoms with van der Waals surface area (Å²) in [6.07, 6.45) is 3.79. The predicted molar refractivity (Wildman–Crippen MR) is 68.3 cm³/mol. The SMILES string of the molecule is CCC1CCN(c2ccc(N)c(N)n2)CC1. The first-order valence-corrected chi connectivity index (χ1v) is 5.97. The Bertz CT molecular complexity index is 356. The first-order valence-electron chi connectivity index (χ1n) is 5.97. The van der Waals surface area contributed by atoms with Crippen molar-refractivity contribution in [1.82, 2.24) is 4.98 Å². The maximum Gasteiger partial charge on any atom is 0.149 e. The molecule has 1 saturated heterocycles. The molecule has 0 spiro atoms. The highest BCUT2D eigenvalue weighted by atomic mass is 15.2. The molecule has 0 aromatic carbocycles. The van der Waals surface area contributed by atoms with Crippen molar-refractivity contribution in [2.45, 2.75) is 26.2 Å². The fourth-order valence-corrected chi connectivity index (χ4v) is 2.22. The van der Waals surface area contributed by atoms with E-state index in [1.807, 2.05) is 12.1 Å². The van der Waals surface area contributed by atoms with E-state index in [1.165, 1.54) is 19.3 Å². The summed E-state index contributed by atoms with van der Waals surface area (Å²) >= 11 is 0. The molecule has 0 amide bonds. The lowest BCUT2D eigenvalue weighted by atomic mass is 9.94. The summed E-state index contributed by atoms with van der Waals surface area (Å²) in [5.74, 6) is 2.28. The highest BCUT2D eigenvalue weighted by Gasteiger charge is 2.18. The van der Waals surface area contributed by atoms with Crippen LogP contribution in [0.2, 0.25) is 0 Å². The molecule has 0 unspecified atom stereocenters. The van der Waals surface area contributed by atoms with Gasteiger partial charge in [0.15, 0.2) is 0 Å². The van der Waals surface area contributed by atoms with Gasteiger partial charge in [0.2, 0.25) is 0 Å². The van der Waals surface area contributed by atoms with Crippen molar-refractivity contribution < 1.29 is 0 Å². The number of hydrogen-bond donors (Lipinski definition) is 2. The summed E-state index contributed by atoms with van der Waals surface area (Å²) in [5, 5.41) is 0. The molecule has 1 aromatic heterocycles. The van der Waals surface area contributed by atoms with Gasteiger partial charge in [0.1, 0.15) is 11.6 Å². The molecule has 0 radical (unpaired) electrons. The van der Waals surface area contributed by atoms with E-state index in [-0.39, 0.29) is 0 Å². The van der Waals surface area contributed by atoms with Crippen molar-refractivity contribution in [1.29, 1.82) is 0 Å². The molecular formula is C12H20N4. The lowest BCUT2D eigenvalue weighted by molar-refractivity contribution is 0.394. The van der Waals surface area contributed by atoms with Crippen molar-refractivity contribution >= 4 is 17.3 Å². The van der Waals surface area contributed by atoms with E-state index in [2.05, 4.69) is 16.8 Å². The van der Waals surface area contributed by atoms with Crippen LogP contribution in [0.4, 0.5) is 17.3 Å². The molecule has 0 saturated carbocycles. The minimum atomic E-state index is 0.440. The smallest absolute Gasteiger partial charge is 0.149 e. The van der Waals surface area contributed by atoms with Crippen LogP contribution in [0.15, 0.2) is 12.1 Å². The van der Waals surface area contributed by atoms with Gasteiger partial charge in [-0.1, -0.05) is 13.3 Å². The van der Waals surface area contributed by atoms with Crippen molar-refractivity contribution in [2.24, 2.45) is 5.92 Å². The Morgan fingerprint density at radius 1 is 1.31 bits per heavy atom. The molecular weight excluding hydrogens is 200 g/mol. The number of aromatic nitrogens is 1. The molecule has 1 aliphatic heterocycles. The van der Waals surface area contributed by atoms with Crippen LogP contribution in [0.25, 0.3) is 0 Å². The molecule has 16 heavy (non-hydrogen) atoms. The Hall–Kier alpha value is -1.45. The predicted octanol–water partition coefficient (Wildman–Crippen LogP) is 1.87. The minimum Gasteiger partial charge on any atom is -0.396 e. The number of nitrogens with two attached hydrogens (primary N) is 2. The first-order chi connectivity index (χ1) is 7.70. The number of anilines is 3. The van der Waals surface area contributed by atoms with Gasteiger partial charge in [-0.15, -0.1) is 0 Å². The van der Waals surface area contributed by atoms with Crippen molar-refractivity contribution in [3.05, 3.63) is 12.1 Å². The fraction of sp³-hybridized carbons (Fsp3) is 0.583. The molecule has 4 nitrogen and oxygen atoms in total. The maximum atomic E-state index is 5.72. The quantitative estimate of drug-likeness (QED) is 0.798. The number of nitrogens with zero attached hydrogens (tertiary/aromatic N) is 2. The second kappa shape index (κ2) is 4.60. The van der Waals surface area contributed by atoms with E-state index in [4.69, 9.17) is 11.5 Å². The second-order valence-corrected chi connectivity index (χ2v) is 4.48. The van der Waals surface area contributed by atoms with Crippen LogP contribution in [-0.2, 0) is 0 Å². The van der Waals surface area contributed by atoms with Gasteiger partial charge in [-0.25, -0.2) is 4.98 Å². The number of piperidine rings is 1. The molecule has 0 atom stereocenters. The van der Waals surface area contributed by atoms with Crippen LogP contribution >= 0.6 is 0 Å². The third kappa shape index (κ3) is 2.21. The molecule has 1 fully saturated rings. The number of pyridine rings is 1. The van der Waals surface area contributed by atoms with Gasteiger partial charge >= 0.3 is 0 Å². The number of hydrogen-bond acceptors (Lipinski definition) is 4. The zero-order valence-corrected chi connectivity index (χ0v) is 9.82. The number of rotatable bonds is 2. The average molecular weight is 220 g/mol. The Balaban J connectivity index is 2.05. The van der Waals surface area contributed by atoms with Crippen LogP contribution in [-0.4, -0.2) is 18.1 Å². The number of nitrogen functional groups attached to an aromatic ring is 2. The van der Waals surface area contributed by atoms with Crippen molar-refractivity contribution in [2.75, 3.05) is 29.5 Å². The van der Waals surface area contributed by atoms with E-state index in [0.717, 1.165) is 24.8 Å². The second-order valence-electron chi connectivity index (χ2n) is 4.48. The molecule has 1 aromatic rings. The Labute approximate surface area is 96.6 Å². The van der Waals surface area contributed by atoms with Gasteiger partial charge < -0.3 is 16.4 Å². The highest BCUT2D eigenvalue weighted by Crippen LogP contribution is 2.25. The molecule has 0 bridgehead atoms. The Kier molecular flexibility index (Phi) is 3.17. The normalized spacial score (nSPS) is 17.7. The van der Waals surface area contributed by atoms with Crippen LogP contribution in [0.5, 0.6) is 0 Å². The summed E-state index contributed by atoms with van der Waals surface area (Å²) in [6, 6.07) is 3.79. The van der Waals surface area contributed by atoms with Gasteiger partial charge in [-0.05, 0) is 30.9 Å². The molecule has 88 valence electrons. The largest absolute Gasteiger partial charge is 0.396 e. The van der Waals surface area contributed by atoms with Gasteiger partial charge in [0.05, 0.1) is 5.69 Å². The summed E-state index contributed by atoms with van der Waals surface area (Å²) in [6.45, 7) is 4.42. The van der Waals surface area contributed by atoms with Gasteiger partial charge in [0, 0.05) is 13.1 Å². The Morgan fingerprint density at radius 2 is 2.00 bits per heavy atom. The third-order valence-corrected chi connectivity index (χ3v) is 3.46. The van der Waals surface area contributed by atoms with E-state index >= 15 is 0 Å². The Morgan fingerprint density at radius 3 is 2.56 bits per heavy atom. The standard InChI is InChI=1S/C12H20N4/c1-2-9-5-7-16(8-6-9)11-4-3-10(13)12(14)15-11/h3-4,9H,2,5-8,13H2,1H3,(H2,14,15). The van der Waals surface area contributed by atoms with Crippen LogP contribution in [0, 0.1) is 5.92 Å². The zero-order chi connectivity index (χ0) is 11.5. The third-order valence-electron chi connectivity index (χ3n) is 3.46. The van der Waals surface area contributed by atoms with Crippen LogP contribution < -0.4 is 16.4 Å². The molecule has 1 aliphatic rings. The van der Waals surface area contributed by atoms with E-state index < -0.39 is 0 Å². The summed E-state index contributed by atoms with van der Waals surface area (Å²) < 4.78 is 0. The van der Waals surface area contributed by atoms with Crippen LogP contribution in [0.1, 0.15) is 26.2 Å². The van der Waals surface area contributed by atoms with E-state index in [1.54, 1.807) is 0 Å². The van der Waals surface area contributed by atoms with Crippen molar-refractivity contribution in [3.8, 4) is 0 Å². The van der Waals surface area contributed by atoms with Gasteiger partial charge in [0.25, 0.3) is 0 Å². The first kappa shape index (κ1) is 11.0. The fourth-order valence-electron chi connectivity index (χ4n) is 2.22. The van der Waals surface area contributed by atoms with Crippen LogP contribution in [0.3, 0.4) is 0 Å². The summed E-state index contributed by atoms with van der Waals surface area (Å²) in [4.78, 5) is 6.62. The average Bonchev–Trinajstić information content (AvgIpc) is 2.33. The van der Waals surface area contributed by atoms with Gasteiger partial charge in [-0.3, -0.25) is 0 Å². The maximum absolute atomic E-state index is 5.72. The topological polar surface area (TPSA) is 68.2 Å². The molecule has 0 aliphatic carbocycles. The molecule has 2 rings (SSSR count). The molecule has 4 heteroatoms. The van der Waals surface area contributed by atoms with Gasteiger partial charge in [-0.2, -0.15) is 0 Å². The summed E-state index contributed by atoms with van der Waals surface area (Å²) in [7, 11) is 0. The monoisotopic (exact) mass is 220 g/mol. The lowest BCUT2D eigenvalue weighted by Gasteiger charge is -2.32. The molecule has 2 heterocycles. The highest BCUT2D eigenvalue weighted by molar-refractivity contribution is 5.62. The van der Waals surface area contributed by atoms with E-state index in [9.17, 15) is 0 Å². The summed E-state index contributed by atoms with van der Waals surface area (Å²) in [5.41, 5.74) is 11.9.